The molecule has 5 nitrogen and oxygen atoms in total. The molecule has 1 aliphatic rings. The first-order valence-electron chi connectivity index (χ1n) is 4.95. The van der Waals surface area contributed by atoms with Crippen LogP contribution in [0.15, 0.2) is 18.2 Å². The van der Waals surface area contributed by atoms with Crippen LogP contribution in [0.2, 0.25) is 0 Å². The lowest BCUT2D eigenvalue weighted by Crippen LogP contribution is -2.43. The Balaban J connectivity index is 2.36. The van der Waals surface area contributed by atoms with Crippen LogP contribution < -0.4 is 10.1 Å². The van der Waals surface area contributed by atoms with Crippen molar-refractivity contribution in [3.8, 4) is 17.6 Å². The number of hydrogen-bond donors (Lipinski definition) is 3. The number of rotatable bonds is 3. The van der Waals surface area contributed by atoms with E-state index >= 15 is 0 Å². The van der Waals surface area contributed by atoms with Crippen molar-refractivity contribution in [2.24, 2.45) is 0 Å². The third-order valence-corrected chi connectivity index (χ3v) is 2.60. The van der Waals surface area contributed by atoms with E-state index in [0.29, 0.717) is 17.9 Å². The summed E-state index contributed by atoms with van der Waals surface area (Å²) >= 11 is 0. The number of nitrogens with one attached hydrogen (secondary N) is 1. The number of aliphatic hydroxyl groups excluding tert-OH is 1. The van der Waals surface area contributed by atoms with Crippen LogP contribution in [0, 0.1) is 11.3 Å². The molecule has 1 atom stereocenters. The second-order valence-corrected chi connectivity index (χ2v) is 3.64. The molecule has 1 unspecified atom stereocenters. The molecular formula is C11H12N2O3. The normalized spacial score (nSPS) is 22.2. The molecule has 3 N–H and O–H groups in total. The molecule has 0 bridgehead atoms. The highest BCUT2D eigenvalue weighted by Gasteiger charge is 2.40. The van der Waals surface area contributed by atoms with Gasteiger partial charge in [0.25, 0.3) is 0 Å². The summed E-state index contributed by atoms with van der Waals surface area (Å²) in [6, 6.07) is 6.81. The van der Waals surface area contributed by atoms with E-state index in [2.05, 4.69) is 11.4 Å². The molecule has 0 spiro atoms. The maximum Gasteiger partial charge on any atom is 0.170 e. The Hall–Kier alpha value is -1.77. The number of phenols is 1. The van der Waals surface area contributed by atoms with Gasteiger partial charge in [-0.25, -0.2) is 0 Å². The highest BCUT2D eigenvalue weighted by molar-refractivity contribution is 5.50. The molecule has 1 aliphatic heterocycles. The van der Waals surface area contributed by atoms with Gasteiger partial charge in [-0.15, -0.1) is 0 Å². The average molecular weight is 220 g/mol. The second-order valence-electron chi connectivity index (χ2n) is 3.64. The molecule has 5 heteroatoms. The smallest absolute Gasteiger partial charge is 0.170 e. The zero-order chi connectivity index (χ0) is 11.6. The van der Waals surface area contributed by atoms with Crippen LogP contribution >= 0.6 is 0 Å². The summed E-state index contributed by atoms with van der Waals surface area (Å²) in [5, 5.41) is 30.2. The number of phenolic OH excluding ortho intramolecular Hbond substituents is 1. The van der Waals surface area contributed by atoms with Crippen LogP contribution in [-0.4, -0.2) is 30.0 Å². The average Bonchev–Trinajstić information content (AvgIpc) is 2.65. The van der Waals surface area contributed by atoms with Crippen molar-refractivity contribution in [1.82, 2.24) is 5.32 Å². The van der Waals surface area contributed by atoms with Crippen molar-refractivity contribution >= 4 is 0 Å². The first-order chi connectivity index (χ1) is 7.72. The Morgan fingerprint density at radius 3 is 3.06 bits per heavy atom. The zero-order valence-electron chi connectivity index (χ0n) is 8.60. The lowest BCUT2D eigenvalue weighted by atomic mass is 9.93. The molecule has 2 rings (SSSR count). The zero-order valence-corrected chi connectivity index (χ0v) is 8.60. The van der Waals surface area contributed by atoms with Gasteiger partial charge in [-0.3, -0.25) is 5.32 Å². The molecule has 84 valence electrons. The Morgan fingerprint density at radius 1 is 1.56 bits per heavy atom. The largest absolute Gasteiger partial charge is 0.508 e. The number of nitrogens with zero attached hydrogens (tertiary/aromatic N) is 1. The molecule has 0 amide bonds. The van der Waals surface area contributed by atoms with Crippen LogP contribution in [0.5, 0.6) is 11.5 Å². The number of nitriles is 1. The number of aliphatic hydroxyl groups is 1. The summed E-state index contributed by atoms with van der Waals surface area (Å²) in [5.74, 6) is 0.613. The molecule has 1 aromatic carbocycles. The fraction of sp³-hybridized carbons (Fsp3) is 0.364. The molecular weight excluding hydrogens is 208 g/mol. The van der Waals surface area contributed by atoms with Gasteiger partial charge in [-0.1, -0.05) is 0 Å². The van der Waals surface area contributed by atoms with Crippen LogP contribution in [-0.2, 0) is 5.54 Å². The Labute approximate surface area is 92.9 Å². The van der Waals surface area contributed by atoms with Crippen LogP contribution in [0.4, 0.5) is 0 Å². The van der Waals surface area contributed by atoms with Crippen molar-refractivity contribution in [3.63, 3.8) is 0 Å². The Morgan fingerprint density at radius 2 is 2.38 bits per heavy atom. The molecule has 1 aromatic rings. The standard InChI is InChI=1S/C11H12N2O3/c12-6-11(13-3-4-14)7-16-10-5-8(15)1-2-9(10)11/h1-2,5,13-15H,3-4,7H2. The summed E-state index contributed by atoms with van der Waals surface area (Å²) < 4.78 is 5.36. The fourth-order valence-electron chi connectivity index (χ4n) is 1.79. The van der Waals surface area contributed by atoms with Gasteiger partial charge in [0.15, 0.2) is 5.54 Å². The van der Waals surface area contributed by atoms with Gasteiger partial charge >= 0.3 is 0 Å². The van der Waals surface area contributed by atoms with Gasteiger partial charge < -0.3 is 14.9 Å². The number of fused-ring (bicyclic) bond motifs is 1. The van der Waals surface area contributed by atoms with E-state index in [4.69, 9.17) is 9.84 Å². The van der Waals surface area contributed by atoms with Crippen molar-refractivity contribution in [2.45, 2.75) is 5.54 Å². The SMILES string of the molecule is N#CC1(NCCO)COc2cc(O)ccc21. The summed E-state index contributed by atoms with van der Waals surface area (Å²) in [6.07, 6.45) is 0. The van der Waals surface area contributed by atoms with E-state index < -0.39 is 5.54 Å². The van der Waals surface area contributed by atoms with Gasteiger partial charge in [0, 0.05) is 18.2 Å². The molecule has 0 radical (unpaired) electrons. The third-order valence-electron chi connectivity index (χ3n) is 2.60. The summed E-state index contributed by atoms with van der Waals surface area (Å²) in [5.41, 5.74) is -0.229. The van der Waals surface area contributed by atoms with Crippen molar-refractivity contribution in [2.75, 3.05) is 19.8 Å². The quantitative estimate of drug-likeness (QED) is 0.672. The van der Waals surface area contributed by atoms with Crippen LogP contribution in [0.25, 0.3) is 0 Å². The van der Waals surface area contributed by atoms with E-state index in [1.54, 1.807) is 6.07 Å². The van der Waals surface area contributed by atoms with E-state index in [0.717, 1.165) is 0 Å². The lowest BCUT2D eigenvalue weighted by Gasteiger charge is -2.20. The minimum atomic E-state index is -0.925. The van der Waals surface area contributed by atoms with Crippen LogP contribution in [0.3, 0.4) is 0 Å². The summed E-state index contributed by atoms with van der Waals surface area (Å²) in [7, 11) is 0. The first kappa shape index (κ1) is 10.7. The summed E-state index contributed by atoms with van der Waals surface area (Å²) in [6.45, 7) is 0.455. The van der Waals surface area contributed by atoms with Gasteiger partial charge in [-0.05, 0) is 12.1 Å². The minimum Gasteiger partial charge on any atom is -0.508 e. The Kier molecular flexibility index (Phi) is 2.69. The first-order valence-corrected chi connectivity index (χ1v) is 4.95. The van der Waals surface area contributed by atoms with E-state index in [1.807, 2.05) is 0 Å². The van der Waals surface area contributed by atoms with Crippen molar-refractivity contribution in [1.29, 1.82) is 5.26 Å². The van der Waals surface area contributed by atoms with Crippen molar-refractivity contribution in [3.05, 3.63) is 23.8 Å². The lowest BCUT2D eigenvalue weighted by molar-refractivity contribution is 0.239. The topological polar surface area (TPSA) is 85.5 Å². The third kappa shape index (κ3) is 1.58. The van der Waals surface area contributed by atoms with Crippen LogP contribution in [0.1, 0.15) is 5.56 Å². The molecule has 16 heavy (non-hydrogen) atoms. The van der Waals surface area contributed by atoms with Crippen molar-refractivity contribution < 1.29 is 14.9 Å². The molecule has 1 heterocycles. The highest BCUT2D eigenvalue weighted by atomic mass is 16.5. The maximum absolute atomic E-state index is 9.29. The predicted molar refractivity (Wildman–Crippen MR) is 56.0 cm³/mol. The monoisotopic (exact) mass is 220 g/mol. The molecule has 0 fully saturated rings. The highest BCUT2D eigenvalue weighted by Crippen LogP contribution is 2.38. The van der Waals surface area contributed by atoms with Gasteiger partial charge in [0.05, 0.1) is 12.7 Å². The maximum atomic E-state index is 9.29. The molecule has 0 saturated carbocycles. The molecule has 0 saturated heterocycles. The number of benzene rings is 1. The molecule has 0 aliphatic carbocycles. The second kappa shape index (κ2) is 4.00. The predicted octanol–water partition coefficient (Wildman–Crippen LogP) is 0.0854. The van der Waals surface area contributed by atoms with E-state index in [9.17, 15) is 10.4 Å². The summed E-state index contributed by atoms with van der Waals surface area (Å²) in [4.78, 5) is 0. The minimum absolute atomic E-state index is 0.0448. The van der Waals surface area contributed by atoms with Gasteiger partial charge in [0.1, 0.15) is 18.1 Å². The number of hydrogen-bond acceptors (Lipinski definition) is 5. The van der Waals surface area contributed by atoms with E-state index in [-0.39, 0.29) is 19.0 Å². The fourth-order valence-corrected chi connectivity index (χ4v) is 1.79. The van der Waals surface area contributed by atoms with Gasteiger partial charge in [0.2, 0.25) is 0 Å². The van der Waals surface area contributed by atoms with Gasteiger partial charge in [-0.2, -0.15) is 5.26 Å². The Bertz CT molecular complexity index is 441. The molecule has 0 aromatic heterocycles. The van der Waals surface area contributed by atoms with E-state index in [1.165, 1.54) is 12.1 Å². The number of ether oxygens (including phenoxy) is 1. The number of aromatic hydroxyl groups is 1.